The van der Waals surface area contributed by atoms with E-state index < -0.39 is 18.9 Å². The lowest BCUT2D eigenvalue weighted by Gasteiger charge is -2.19. The molecular formula is C22H18Br2NO5P. The highest BCUT2D eigenvalue weighted by Crippen LogP contribution is 2.55. The van der Waals surface area contributed by atoms with Gasteiger partial charge in [0.2, 0.25) is 13.3 Å². The molecule has 0 spiro atoms. The number of rotatable bonds is 5. The Morgan fingerprint density at radius 2 is 1.87 bits per heavy atom. The lowest BCUT2D eigenvalue weighted by atomic mass is 10.1. The largest absolute Gasteiger partial charge is 0.494 e. The van der Waals surface area contributed by atoms with Gasteiger partial charge in [0.05, 0.1) is 17.8 Å². The van der Waals surface area contributed by atoms with E-state index in [1.165, 1.54) is 20.0 Å². The van der Waals surface area contributed by atoms with E-state index in [9.17, 15) is 14.3 Å². The highest BCUT2D eigenvalue weighted by molar-refractivity contribution is 9.11. The van der Waals surface area contributed by atoms with Crippen molar-refractivity contribution in [3.05, 3.63) is 69.3 Å². The molecule has 1 aromatic heterocycles. The van der Waals surface area contributed by atoms with Gasteiger partial charge < -0.3 is 19.4 Å². The molecule has 2 N–H and O–H groups in total. The predicted molar refractivity (Wildman–Crippen MR) is 129 cm³/mol. The Bertz CT molecular complexity index is 1360. The molecule has 0 aliphatic heterocycles. The van der Waals surface area contributed by atoms with Crippen molar-refractivity contribution in [2.75, 3.05) is 19.1 Å². The number of amides is 1. The van der Waals surface area contributed by atoms with Crippen LogP contribution in [0.25, 0.3) is 21.7 Å². The summed E-state index contributed by atoms with van der Waals surface area (Å²) in [7, 11) is -2.37. The monoisotopic (exact) mass is 565 g/mol. The number of hydrogen-bond donors (Lipinski definition) is 2. The van der Waals surface area contributed by atoms with Gasteiger partial charge in [0, 0.05) is 23.3 Å². The van der Waals surface area contributed by atoms with E-state index in [1.807, 2.05) is 36.4 Å². The molecular weight excluding hydrogens is 549 g/mol. The molecule has 0 saturated heterocycles. The third-order valence-corrected chi connectivity index (χ3v) is 7.77. The van der Waals surface area contributed by atoms with Gasteiger partial charge in [-0.3, -0.25) is 9.36 Å². The zero-order chi connectivity index (χ0) is 22.3. The summed E-state index contributed by atoms with van der Waals surface area (Å²) >= 11 is 6.87. The number of nitrogens with one attached hydrogen (secondary N) is 1. The summed E-state index contributed by atoms with van der Waals surface area (Å²) in [6, 6.07) is 14.9. The fourth-order valence-corrected chi connectivity index (χ4v) is 6.35. The summed E-state index contributed by atoms with van der Waals surface area (Å²) in [6.45, 7) is 1.17. The fraction of sp³-hybridized carbons (Fsp3) is 0.136. The van der Waals surface area contributed by atoms with Crippen molar-refractivity contribution in [2.24, 2.45) is 0 Å². The van der Waals surface area contributed by atoms with Crippen LogP contribution in [0.5, 0.6) is 5.75 Å². The van der Waals surface area contributed by atoms with E-state index in [2.05, 4.69) is 37.2 Å². The Morgan fingerprint density at radius 3 is 2.55 bits per heavy atom. The lowest BCUT2D eigenvalue weighted by molar-refractivity contribution is -0.116. The molecule has 0 saturated carbocycles. The molecule has 1 amide bonds. The van der Waals surface area contributed by atoms with Crippen molar-refractivity contribution in [3.8, 4) is 5.75 Å². The molecule has 4 rings (SSSR count). The van der Waals surface area contributed by atoms with Gasteiger partial charge >= 0.3 is 0 Å². The minimum atomic E-state index is -3.89. The zero-order valence-electron chi connectivity index (χ0n) is 16.6. The van der Waals surface area contributed by atoms with Crippen LogP contribution >= 0.6 is 39.2 Å². The number of hydrogen-bond acceptors (Lipinski definition) is 4. The molecule has 3 aromatic carbocycles. The molecule has 1 heterocycles. The van der Waals surface area contributed by atoms with Crippen LogP contribution in [-0.4, -0.2) is 24.6 Å². The normalized spacial score (nSPS) is 14.4. The molecule has 0 radical (unpaired) electrons. The van der Waals surface area contributed by atoms with E-state index in [1.54, 1.807) is 12.1 Å². The number of carbonyl (C=O) groups excluding carboxylic acids is 1. The SMILES string of the molecule is COc1c(Br)cc2c(C(C(=O)Nc3ccc4ccccc4c3)P(C)(=O)O)coc2c1Br. The summed E-state index contributed by atoms with van der Waals surface area (Å²) in [6.07, 6.45) is 1.35. The number of ether oxygens (including phenoxy) is 1. The first kappa shape index (κ1) is 22.1. The first-order valence-corrected chi connectivity index (χ1v) is 13.0. The van der Waals surface area contributed by atoms with Crippen molar-refractivity contribution in [1.82, 2.24) is 0 Å². The van der Waals surface area contributed by atoms with Gasteiger partial charge in [0.25, 0.3) is 0 Å². The second-order valence-electron chi connectivity index (χ2n) is 7.17. The number of methoxy groups -OCH3 is 1. The van der Waals surface area contributed by atoms with Gasteiger partial charge in [-0.25, -0.2) is 0 Å². The smallest absolute Gasteiger partial charge is 0.241 e. The van der Waals surface area contributed by atoms with Crippen LogP contribution in [0, 0.1) is 0 Å². The van der Waals surface area contributed by atoms with Gasteiger partial charge in [-0.15, -0.1) is 0 Å². The number of fused-ring (bicyclic) bond motifs is 2. The van der Waals surface area contributed by atoms with Crippen molar-refractivity contribution in [1.29, 1.82) is 0 Å². The van der Waals surface area contributed by atoms with Crippen LogP contribution in [0.1, 0.15) is 11.2 Å². The number of furan rings is 1. The molecule has 160 valence electrons. The topological polar surface area (TPSA) is 88.8 Å². The summed E-state index contributed by atoms with van der Waals surface area (Å²) in [5, 5.41) is 5.31. The van der Waals surface area contributed by atoms with Gasteiger partial charge in [0.15, 0.2) is 11.3 Å². The van der Waals surface area contributed by atoms with Crippen molar-refractivity contribution in [2.45, 2.75) is 5.66 Å². The van der Waals surface area contributed by atoms with Gasteiger partial charge in [-0.1, -0.05) is 30.3 Å². The molecule has 2 unspecified atom stereocenters. The van der Waals surface area contributed by atoms with Gasteiger partial charge in [-0.2, -0.15) is 0 Å². The highest BCUT2D eigenvalue weighted by Gasteiger charge is 2.37. The minimum absolute atomic E-state index is 0.325. The molecule has 0 fully saturated rings. The van der Waals surface area contributed by atoms with Crippen molar-refractivity contribution in [3.63, 3.8) is 0 Å². The fourth-order valence-electron chi connectivity index (χ4n) is 3.59. The zero-order valence-corrected chi connectivity index (χ0v) is 20.6. The number of carbonyl (C=O) groups is 1. The maximum absolute atomic E-state index is 13.2. The van der Waals surface area contributed by atoms with Crippen LogP contribution in [0.3, 0.4) is 0 Å². The van der Waals surface area contributed by atoms with Crippen LogP contribution in [-0.2, 0) is 9.36 Å². The van der Waals surface area contributed by atoms with E-state index in [0.29, 0.717) is 36.9 Å². The summed E-state index contributed by atoms with van der Waals surface area (Å²) in [5.41, 5.74) is -0.0240. The standard InChI is InChI=1S/C22H18Br2NO5P/c1-29-20-17(23)10-15-16(11-30-19(15)18(20)24)21(31(2,27)28)22(26)25-14-8-7-12-5-3-4-6-13(12)9-14/h3-11,21H,1-2H3,(H,25,26)(H,27,28). The highest BCUT2D eigenvalue weighted by atomic mass is 79.9. The first-order valence-electron chi connectivity index (χ1n) is 9.23. The van der Waals surface area contributed by atoms with E-state index in [0.717, 1.165) is 10.8 Å². The average molecular weight is 567 g/mol. The molecule has 9 heteroatoms. The third kappa shape index (κ3) is 4.17. The molecule has 0 bridgehead atoms. The lowest BCUT2D eigenvalue weighted by Crippen LogP contribution is -2.21. The Balaban J connectivity index is 1.77. The second-order valence-corrected chi connectivity index (χ2v) is 11.2. The summed E-state index contributed by atoms with van der Waals surface area (Å²) in [4.78, 5) is 23.7. The third-order valence-electron chi connectivity index (χ3n) is 4.99. The number of anilines is 1. The molecule has 0 aliphatic carbocycles. The Kier molecular flexibility index (Phi) is 6.01. The maximum Gasteiger partial charge on any atom is 0.241 e. The molecule has 0 aliphatic rings. The van der Waals surface area contributed by atoms with Crippen LogP contribution in [0.2, 0.25) is 0 Å². The maximum atomic E-state index is 13.2. The molecule has 2 atom stereocenters. The van der Waals surface area contributed by atoms with E-state index >= 15 is 0 Å². The quantitative estimate of drug-likeness (QED) is 0.262. The summed E-state index contributed by atoms with van der Waals surface area (Å²) in [5.74, 6) is -0.0661. The van der Waals surface area contributed by atoms with E-state index in [4.69, 9.17) is 9.15 Å². The average Bonchev–Trinajstić information content (AvgIpc) is 3.10. The minimum Gasteiger partial charge on any atom is -0.494 e. The van der Waals surface area contributed by atoms with Gasteiger partial charge in [0.1, 0.15) is 10.1 Å². The Hall–Kier alpha value is -2.12. The Morgan fingerprint density at radius 1 is 1.16 bits per heavy atom. The Labute approximate surface area is 195 Å². The van der Waals surface area contributed by atoms with Crippen LogP contribution < -0.4 is 10.1 Å². The van der Waals surface area contributed by atoms with Gasteiger partial charge in [-0.05, 0) is 60.8 Å². The number of halogens is 2. The second kappa shape index (κ2) is 8.43. The molecule has 31 heavy (non-hydrogen) atoms. The predicted octanol–water partition coefficient (Wildman–Crippen LogP) is 6.70. The van der Waals surface area contributed by atoms with E-state index in [-0.39, 0.29) is 0 Å². The number of benzene rings is 3. The first-order chi connectivity index (χ1) is 14.7. The van der Waals surface area contributed by atoms with Crippen molar-refractivity contribution >= 4 is 72.6 Å². The van der Waals surface area contributed by atoms with Crippen molar-refractivity contribution < 1.29 is 23.4 Å². The summed E-state index contributed by atoms with van der Waals surface area (Å²) < 4.78 is 25.0. The molecule has 4 aromatic rings. The van der Waals surface area contributed by atoms with Crippen LogP contribution in [0.4, 0.5) is 5.69 Å². The van der Waals surface area contributed by atoms with Crippen LogP contribution in [0.15, 0.2) is 68.2 Å². The molecule has 6 nitrogen and oxygen atoms in total.